The van der Waals surface area contributed by atoms with Crippen LogP contribution in [0.2, 0.25) is 0 Å². The molecule has 19 heavy (non-hydrogen) atoms. The molecule has 102 valence electrons. The summed E-state index contributed by atoms with van der Waals surface area (Å²) in [7, 11) is 0. The van der Waals surface area contributed by atoms with Gasteiger partial charge in [-0.1, -0.05) is 31.2 Å². The second kappa shape index (κ2) is 5.43. The third kappa shape index (κ3) is 2.95. The Morgan fingerprint density at radius 1 is 1.21 bits per heavy atom. The maximum absolute atomic E-state index is 11.9. The monoisotopic (exact) mass is 261 g/mol. The zero-order valence-electron chi connectivity index (χ0n) is 11.1. The number of aliphatic carboxylic acids is 1. The number of rotatable bonds is 5. The minimum absolute atomic E-state index is 0.216. The number of nitrogens with one attached hydrogen (secondary N) is 1. The van der Waals surface area contributed by atoms with Crippen LogP contribution < -0.4 is 5.32 Å². The molecule has 4 heteroatoms. The van der Waals surface area contributed by atoms with Gasteiger partial charge < -0.3 is 10.4 Å². The lowest BCUT2D eigenvalue weighted by molar-refractivity contribution is -0.151. The topological polar surface area (TPSA) is 66.4 Å². The molecule has 0 unspecified atom stereocenters. The molecule has 0 radical (unpaired) electrons. The fraction of sp³-hybridized carbons (Fsp3) is 0.467. The van der Waals surface area contributed by atoms with E-state index in [0.717, 1.165) is 18.4 Å². The molecule has 1 aromatic carbocycles. The van der Waals surface area contributed by atoms with Crippen LogP contribution in [0.5, 0.6) is 0 Å². The predicted octanol–water partition coefficient (Wildman–Crippen LogP) is 1.91. The van der Waals surface area contributed by atoms with E-state index in [9.17, 15) is 9.59 Å². The van der Waals surface area contributed by atoms with Gasteiger partial charge in [-0.25, -0.2) is 4.79 Å². The highest BCUT2D eigenvalue weighted by Gasteiger charge is 2.45. The minimum Gasteiger partial charge on any atom is -0.480 e. The number of amides is 1. The normalized spacial score (nSPS) is 16.5. The lowest BCUT2D eigenvalue weighted by Gasteiger charge is -2.38. The quantitative estimate of drug-likeness (QED) is 0.851. The summed E-state index contributed by atoms with van der Waals surface area (Å²) in [6, 6.07) is 7.84. The molecule has 4 nitrogen and oxygen atoms in total. The van der Waals surface area contributed by atoms with E-state index < -0.39 is 11.5 Å². The molecule has 2 rings (SSSR count). The molecule has 0 aliphatic heterocycles. The van der Waals surface area contributed by atoms with Crippen molar-refractivity contribution in [3.05, 3.63) is 35.4 Å². The summed E-state index contributed by atoms with van der Waals surface area (Å²) in [5.41, 5.74) is 1.13. The summed E-state index contributed by atoms with van der Waals surface area (Å²) in [4.78, 5) is 23.1. The molecule has 1 aliphatic rings. The van der Waals surface area contributed by atoms with Gasteiger partial charge in [-0.05, 0) is 36.8 Å². The average Bonchev–Trinajstić information content (AvgIpc) is 2.34. The molecule has 0 bridgehead atoms. The Labute approximate surface area is 112 Å². The van der Waals surface area contributed by atoms with Gasteiger partial charge in [0, 0.05) is 0 Å². The highest BCUT2D eigenvalue weighted by molar-refractivity contribution is 5.88. The van der Waals surface area contributed by atoms with Crippen LogP contribution in [0, 0.1) is 0 Å². The summed E-state index contributed by atoms with van der Waals surface area (Å²) in [5, 5.41) is 11.8. The minimum atomic E-state index is -1.01. The molecule has 1 aromatic rings. The standard InChI is InChI=1S/C15H19NO3/c1-2-11-4-6-12(7-5-11)10-13(17)16-15(14(18)19)8-3-9-15/h4-7H,2-3,8-10H2,1H3,(H,16,17)(H,18,19). The van der Waals surface area contributed by atoms with E-state index in [1.54, 1.807) is 0 Å². The van der Waals surface area contributed by atoms with Crippen LogP contribution in [0.25, 0.3) is 0 Å². The van der Waals surface area contributed by atoms with E-state index in [4.69, 9.17) is 5.11 Å². The van der Waals surface area contributed by atoms with E-state index in [0.29, 0.717) is 12.8 Å². The molecule has 2 N–H and O–H groups in total. The number of hydrogen-bond acceptors (Lipinski definition) is 2. The number of carboxylic acid groups (broad SMARTS) is 1. The maximum Gasteiger partial charge on any atom is 0.329 e. The molecular formula is C15H19NO3. The van der Waals surface area contributed by atoms with Crippen LogP contribution in [0.1, 0.15) is 37.3 Å². The fourth-order valence-corrected chi connectivity index (χ4v) is 2.31. The summed E-state index contributed by atoms with van der Waals surface area (Å²) >= 11 is 0. The van der Waals surface area contributed by atoms with Crippen molar-refractivity contribution in [2.75, 3.05) is 0 Å². The van der Waals surface area contributed by atoms with Crippen LogP contribution in [0.4, 0.5) is 0 Å². The molecule has 1 aliphatic carbocycles. The zero-order chi connectivity index (χ0) is 13.9. The smallest absolute Gasteiger partial charge is 0.329 e. The van der Waals surface area contributed by atoms with Crippen molar-refractivity contribution >= 4 is 11.9 Å². The van der Waals surface area contributed by atoms with Gasteiger partial charge in [-0.15, -0.1) is 0 Å². The van der Waals surface area contributed by atoms with Gasteiger partial charge >= 0.3 is 5.97 Å². The first kappa shape index (κ1) is 13.6. The number of carbonyl (C=O) groups is 2. The van der Waals surface area contributed by atoms with Gasteiger partial charge in [0.2, 0.25) is 5.91 Å². The van der Waals surface area contributed by atoms with E-state index in [-0.39, 0.29) is 12.3 Å². The number of aryl methyl sites for hydroxylation is 1. The third-order valence-electron chi connectivity index (χ3n) is 3.79. The highest BCUT2D eigenvalue weighted by Crippen LogP contribution is 2.32. The second-order valence-corrected chi connectivity index (χ2v) is 5.14. The van der Waals surface area contributed by atoms with Crippen LogP contribution in [-0.4, -0.2) is 22.5 Å². The van der Waals surface area contributed by atoms with E-state index in [1.165, 1.54) is 5.56 Å². The summed E-state index contributed by atoms with van der Waals surface area (Å²) in [6.07, 6.45) is 3.12. The van der Waals surface area contributed by atoms with Crippen molar-refractivity contribution in [3.63, 3.8) is 0 Å². The predicted molar refractivity (Wildman–Crippen MR) is 71.9 cm³/mol. The largest absolute Gasteiger partial charge is 0.480 e. The van der Waals surface area contributed by atoms with Gasteiger partial charge in [-0.2, -0.15) is 0 Å². The van der Waals surface area contributed by atoms with Gasteiger partial charge in [0.05, 0.1) is 6.42 Å². The molecule has 0 heterocycles. The molecule has 1 saturated carbocycles. The molecule has 1 amide bonds. The lowest BCUT2D eigenvalue weighted by atomic mass is 9.76. The maximum atomic E-state index is 11.9. The molecule has 0 aromatic heterocycles. The van der Waals surface area contributed by atoms with Gasteiger partial charge in [0.25, 0.3) is 0 Å². The Hall–Kier alpha value is -1.84. The van der Waals surface area contributed by atoms with Crippen molar-refractivity contribution < 1.29 is 14.7 Å². The van der Waals surface area contributed by atoms with Crippen LogP contribution in [-0.2, 0) is 22.4 Å². The summed E-state index contributed by atoms with van der Waals surface area (Å²) in [6.45, 7) is 2.08. The summed E-state index contributed by atoms with van der Waals surface area (Å²) < 4.78 is 0. The van der Waals surface area contributed by atoms with Crippen LogP contribution >= 0.6 is 0 Å². The van der Waals surface area contributed by atoms with E-state index >= 15 is 0 Å². The van der Waals surface area contributed by atoms with Crippen molar-refractivity contribution in [1.82, 2.24) is 5.32 Å². The fourth-order valence-electron chi connectivity index (χ4n) is 2.31. The highest BCUT2D eigenvalue weighted by atomic mass is 16.4. The number of hydrogen-bond donors (Lipinski definition) is 2. The van der Waals surface area contributed by atoms with Gasteiger partial charge in [-0.3, -0.25) is 4.79 Å². The Morgan fingerprint density at radius 2 is 1.79 bits per heavy atom. The number of benzene rings is 1. The third-order valence-corrected chi connectivity index (χ3v) is 3.79. The van der Waals surface area contributed by atoms with Gasteiger partial charge in [0.1, 0.15) is 5.54 Å². The van der Waals surface area contributed by atoms with Gasteiger partial charge in [0.15, 0.2) is 0 Å². The van der Waals surface area contributed by atoms with Crippen molar-refractivity contribution in [2.45, 2.75) is 44.6 Å². The van der Waals surface area contributed by atoms with Crippen LogP contribution in [0.3, 0.4) is 0 Å². The molecular weight excluding hydrogens is 242 g/mol. The van der Waals surface area contributed by atoms with Crippen LogP contribution in [0.15, 0.2) is 24.3 Å². The van der Waals surface area contributed by atoms with Crippen molar-refractivity contribution in [2.24, 2.45) is 0 Å². The van der Waals surface area contributed by atoms with E-state index in [1.807, 2.05) is 24.3 Å². The molecule has 1 fully saturated rings. The SMILES string of the molecule is CCc1ccc(CC(=O)NC2(C(=O)O)CCC2)cc1. The van der Waals surface area contributed by atoms with E-state index in [2.05, 4.69) is 12.2 Å². The molecule has 0 saturated heterocycles. The Balaban J connectivity index is 1.95. The first-order chi connectivity index (χ1) is 9.05. The van der Waals surface area contributed by atoms with Crippen molar-refractivity contribution in [3.8, 4) is 0 Å². The number of carbonyl (C=O) groups excluding carboxylic acids is 1. The Morgan fingerprint density at radius 3 is 2.21 bits per heavy atom. The summed E-state index contributed by atoms with van der Waals surface area (Å²) in [5.74, 6) is -1.14. The average molecular weight is 261 g/mol. The first-order valence-electron chi connectivity index (χ1n) is 6.68. The molecule has 0 atom stereocenters. The molecule has 0 spiro atoms. The first-order valence-corrected chi connectivity index (χ1v) is 6.68. The lowest BCUT2D eigenvalue weighted by Crippen LogP contribution is -2.59. The van der Waals surface area contributed by atoms with Crippen molar-refractivity contribution in [1.29, 1.82) is 0 Å². The Kier molecular flexibility index (Phi) is 3.88. The zero-order valence-corrected chi connectivity index (χ0v) is 11.1. The Bertz CT molecular complexity index is 475. The number of carboxylic acids is 1. The second-order valence-electron chi connectivity index (χ2n) is 5.14.